The van der Waals surface area contributed by atoms with Crippen LogP contribution in [0.4, 0.5) is 0 Å². The second-order valence-corrected chi connectivity index (χ2v) is 4.71. The lowest BCUT2D eigenvalue weighted by Gasteiger charge is -2.10. The van der Waals surface area contributed by atoms with E-state index in [-0.39, 0.29) is 5.57 Å². The predicted octanol–water partition coefficient (Wildman–Crippen LogP) is 3.57. The van der Waals surface area contributed by atoms with Gasteiger partial charge in [0, 0.05) is 22.8 Å². The number of para-hydroxylation sites is 2. The van der Waals surface area contributed by atoms with E-state index < -0.39 is 5.97 Å². The van der Waals surface area contributed by atoms with Crippen LogP contribution in [-0.2, 0) is 11.2 Å². The molecular weight excluding hydrogens is 250 g/mol. The Morgan fingerprint density at radius 2 is 1.50 bits per heavy atom. The molecule has 3 nitrogen and oxygen atoms in total. The van der Waals surface area contributed by atoms with Crippen LogP contribution in [0.3, 0.4) is 0 Å². The molecular formula is C17H13NO2. The maximum absolute atomic E-state index is 11.1. The Morgan fingerprint density at radius 1 is 1.00 bits per heavy atom. The van der Waals surface area contributed by atoms with Gasteiger partial charge >= 0.3 is 5.97 Å². The van der Waals surface area contributed by atoms with Gasteiger partial charge in [-0.1, -0.05) is 43.0 Å². The third kappa shape index (κ3) is 2.03. The average molecular weight is 263 g/mol. The molecule has 0 fully saturated rings. The molecule has 98 valence electrons. The highest BCUT2D eigenvalue weighted by Gasteiger charge is 2.12. The Labute approximate surface area is 116 Å². The third-order valence-corrected chi connectivity index (χ3v) is 3.39. The zero-order chi connectivity index (χ0) is 14.1. The van der Waals surface area contributed by atoms with Crippen LogP contribution in [0.15, 0.2) is 60.7 Å². The van der Waals surface area contributed by atoms with Crippen LogP contribution in [0, 0.1) is 0 Å². The molecule has 3 heteroatoms. The van der Waals surface area contributed by atoms with Gasteiger partial charge in [-0.15, -0.1) is 0 Å². The quantitative estimate of drug-likeness (QED) is 0.580. The smallest absolute Gasteiger partial charge is 0.331 e. The molecule has 0 saturated heterocycles. The third-order valence-electron chi connectivity index (χ3n) is 3.39. The van der Waals surface area contributed by atoms with Crippen molar-refractivity contribution in [3.63, 3.8) is 0 Å². The van der Waals surface area contributed by atoms with Crippen LogP contribution in [0.1, 0.15) is 5.56 Å². The number of hydrogen-bond acceptors (Lipinski definition) is 2. The Hall–Kier alpha value is -2.68. The predicted molar refractivity (Wildman–Crippen MR) is 79.7 cm³/mol. The van der Waals surface area contributed by atoms with Gasteiger partial charge in [-0.2, -0.15) is 0 Å². The van der Waals surface area contributed by atoms with Crippen molar-refractivity contribution in [2.45, 2.75) is 6.42 Å². The van der Waals surface area contributed by atoms with Gasteiger partial charge in [-0.3, -0.25) is 0 Å². The maximum Gasteiger partial charge on any atom is 0.331 e. The van der Waals surface area contributed by atoms with Crippen molar-refractivity contribution >= 4 is 27.8 Å². The van der Waals surface area contributed by atoms with Crippen LogP contribution < -0.4 is 0 Å². The summed E-state index contributed by atoms with van der Waals surface area (Å²) in [7, 11) is 0. The van der Waals surface area contributed by atoms with E-state index in [1.54, 1.807) is 0 Å². The zero-order valence-corrected chi connectivity index (χ0v) is 10.8. The first-order valence-electron chi connectivity index (χ1n) is 6.34. The summed E-state index contributed by atoms with van der Waals surface area (Å²) >= 11 is 0. The van der Waals surface area contributed by atoms with Gasteiger partial charge < -0.3 is 5.11 Å². The van der Waals surface area contributed by atoms with Crippen molar-refractivity contribution in [3.05, 3.63) is 66.2 Å². The molecule has 0 bridgehead atoms. The fraction of sp³-hybridized carbons (Fsp3) is 0.0588. The Bertz CT molecular complexity index is 783. The fourth-order valence-electron chi connectivity index (χ4n) is 2.41. The molecule has 3 rings (SSSR count). The monoisotopic (exact) mass is 263 g/mol. The SMILES string of the molecule is C=C(Cc1c2ccccc2nc2ccccc12)C(=O)O. The number of carboxylic acid groups (broad SMARTS) is 1. The van der Waals surface area contributed by atoms with Gasteiger partial charge in [0.25, 0.3) is 0 Å². The number of aromatic nitrogens is 1. The van der Waals surface area contributed by atoms with Crippen molar-refractivity contribution in [2.75, 3.05) is 0 Å². The maximum atomic E-state index is 11.1. The first-order valence-corrected chi connectivity index (χ1v) is 6.34. The molecule has 1 heterocycles. The molecule has 1 N–H and O–H groups in total. The lowest BCUT2D eigenvalue weighted by molar-refractivity contribution is -0.132. The molecule has 0 amide bonds. The number of pyridine rings is 1. The van der Waals surface area contributed by atoms with Crippen LogP contribution in [-0.4, -0.2) is 16.1 Å². The summed E-state index contributed by atoms with van der Waals surface area (Å²) in [6.45, 7) is 3.64. The van der Waals surface area contributed by atoms with Crippen molar-refractivity contribution in [3.8, 4) is 0 Å². The van der Waals surface area contributed by atoms with Crippen molar-refractivity contribution in [2.24, 2.45) is 0 Å². The molecule has 0 aliphatic carbocycles. The van der Waals surface area contributed by atoms with E-state index in [0.717, 1.165) is 27.4 Å². The highest BCUT2D eigenvalue weighted by molar-refractivity contribution is 5.99. The van der Waals surface area contributed by atoms with Gasteiger partial charge in [0.1, 0.15) is 0 Å². The Balaban J connectivity index is 2.33. The molecule has 0 radical (unpaired) electrons. The molecule has 3 aromatic rings. The Kier molecular flexibility index (Phi) is 2.95. The van der Waals surface area contributed by atoms with Crippen LogP contribution in [0.25, 0.3) is 21.8 Å². The zero-order valence-electron chi connectivity index (χ0n) is 10.8. The molecule has 0 saturated carbocycles. The number of carbonyl (C=O) groups is 1. The lowest BCUT2D eigenvalue weighted by Crippen LogP contribution is -2.03. The van der Waals surface area contributed by atoms with Crippen molar-refractivity contribution in [1.82, 2.24) is 4.98 Å². The van der Waals surface area contributed by atoms with Gasteiger partial charge in [-0.05, 0) is 17.7 Å². The Morgan fingerprint density at radius 3 is 2.00 bits per heavy atom. The number of rotatable bonds is 3. The molecule has 2 aromatic carbocycles. The van der Waals surface area contributed by atoms with E-state index in [1.165, 1.54) is 0 Å². The summed E-state index contributed by atoms with van der Waals surface area (Å²) in [5.74, 6) is -0.963. The minimum Gasteiger partial charge on any atom is -0.478 e. The highest BCUT2D eigenvalue weighted by atomic mass is 16.4. The fourth-order valence-corrected chi connectivity index (χ4v) is 2.41. The highest BCUT2D eigenvalue weighted by Crippen LogP contribution is 2.27. The van der Waals surface area contributed by atoms with Crippen molar-refractivity contribution in [1.29, 1.82) is 0 Å². The number of nitrogens with zero attached hydrogens (tertiary/aromatic N) is 1. The second-order valence-electron chi connectivity index (χ2n) is 4.71. The summed E-state index contributed by atoms with van der Waals surface area (Å²) in [6, 6.07) is 15.6. The number of aliphatic carboxylic acids is 1. The number of fused-ring (bicyclic) bond motifs is 2. The van der Waals surface area contributed by atoms with Crippen LogP contribution >= 0.6 is 0 Å². The largest absolute Gasteiger partial charge is 0.478 e. The first-order chi connectivity index (χ1) is 9.66. The standard InChI is InChI=1S/C17H13NO2/c1-11(17(19)20)10-14-12-6-2-4-8-15(12)18-16-9-5-3-7-13(14)16/h2-9H,1,10H2,(H,19,20). The van der Waals surface area contributed by atoms with Gasteiger partial charge in [-0.25, -0.2) is 9.78 Å². The van der Waals surface area contributed by atoms with Crippen LogP contribution in [0.2, 0.25) is 0 Å². The van der Waals surface area contributed by atoms with Crippen molar-refractivity contribution < 1.29 is 9.90 Å². The van der Waals surface area contributed by atoms with Gasteiger partial charge in [0.15, 0.2) is 0 Å². The molecule has 0 aliphatic rings. The first kappa shape index (κ1) is 12.4. The minimum atomic E-state index is -0.963. The average Bonchev–Trinajstić information content (AvgIpc) is 2.46. The topological polar surface area (TPSA) is 50.2 Å². The van der Waals surface area contributed by atoms with E-state index >= 15 is 0 Å². The number of carboxylic acids is 1. The second kappa shape index (κ2) is 4.78. The van der Waals surface area contributed by atoms with Crippen LogP contribution in [0.5, 0.6) is 0 Å². The van der Waals surface area contributed by atoms with Gasteiger partial charge in [0.05, 0.1) is 11.0 Å². The summed E-state index contributed by atoms with van der Waals surface area (Å²) in [5.41, 5.74) is 2.91. The number of hydrogen-bond donors (Lipinski definition) is 1. The summed E-state index contributed by atoms with van der Waals surface area (Å²) < 4.78 is 0. The normalized spacial score (nSPS) is 10.8. The molecule has 0 spiro atoms. The van der Waals surface area contributed by atoms with E-state index in [0.29, 0.717) is 6.42 Å². The molecule has 20 heavy (non-hydrogen) atoms. The lowest BCUT2D eigenvalue weighted by atomic mass is 9.97. The minimum absolute atomic E-state index is 0.187. The molecule has 0 unspecified atom stereocenters. The summed E-state index contributed by atoms with van der Waals surface area (Å²) in [6.07, 6.45) is 0.318. The summed E-state index contributed by atoms with van der Waals surface area (Å²) in [4.78, 5) is 15.7. The van der Waals surface area contributed by atoms with E-state index in [4.69, 9.17) is 5.11 Å². The van der Waals surface area contributed by atoms with E-state index in [1.807, 2.05) is 48.5 Å². The van der Waals surface area contributed by atoms with E-state index in [9.17, 15) is 4.79 Å². The molecule has 1 aromatic heterocycles. The summed E-state index contributed by atoms with van der Waals surface area (Å²) in [5, 5.41) is 11.0. The molecule has 0 aliphatic heterocycles. The number of benzene rings is 2. The molecule has 0 atom stereocenters. The van der Waals surface area contributed by atoms with Gasteiger partial charge in [0.2, 0.25) is 0 Å². The van der Waals surface area contributed by atoms with E-state index in [2.05, 4.69) is 11.6 Å².